The second-order valence-corrected chi connectivity index (χ2v) is 9.91. The Kier molecular flexibility index (Phi) is 7.69. The van der Waals surface area contributed by atoms with Crippen molar-refractivity contribution >= 4 is 11.6 Å². The minimum atomic E-state index is -0.341. The second kappa shape index (κ2) is 11.5. The van der Waals surface area contributed by atoms with Crippen molar-refractivity contribution in [2.75, 3.05) is 32.1 Å². The molecule has 9 heteroatoms. The van der Waals surface area contributed by atoms with Crippen LogP contribution in [0.2, 0.25) is 0 Å². The van der Waals surface area contributed by atoms with Crippen molar-refractivity contribution in [1.29, 1.82) is 0 Å². The number of carbonyl (C=O) groups is 1. The topological polar surface area (TPSA) is 111 Å². The molecule has 2 heterocycles. The summed E-state index contributed by atoms with van der Waals surface area (Å²) in [6.07, 6.45) is 1.68. The third kappa shape index (κ3) is 6.32. The Labute approximate surface area is 227 Å². The predicted octanol–water partition coefficient (Wildman–Crippen LogP) is 5.01. The minimum Gasteiger partial charge on any atom is -0.508 e. The van der Waals surface area contributed by atoms with E-state index in [1.54, 1.807) is 12.1 Å². The SMILES string of the molecule is CN(C)c1ccc(Oc2cc(O)cc(O)c2-c2cc(C(=O)NC3CCN(Cc4ccccc4)CC3)no2)cc1. The number of amides is 1. The van der Waals surface area contributed by atoms with Crippen LogP contribution in [0.5, 0.6) is 23.0 Å². The van der Waals surface area contributed by atoms with Crippen molar-refractivity contribution in [3.63, 3.8) is 0 Å². The molecule has 1 aliphatic heterocycles. The number of phenols is 2. The number of nitrogens with one attached hydrogen (secondary N) is 1. The Morgan fingerprint density at radius 3 is 2.46 bits per heavy atom. The maximum absolute atomic E-state index is 12.9. The van der Waals surface area contributed by atoms with E-state index in [2.05, 4.69) is 27.5 Å². The average molecular weight is 529 g/mol. The standard InChI is InChI=1S/C30H32N4O5/c1-33(2)22-8-10-24(11-9-22)38-27-17-23(35)16-26(36)29(27)28-18-25(32-39-28)30(37)31-21-12-14-34(15-13-21)19-20-6-4-3-5-7-20/h3-11,16-18,21,35-36H,12-15,19H2,1-2H3,(H,31,37). The quantitative estimate of drug-likeness (QED) is 0.293. The zero-order valence-corrected chi connectivity index (χ0v) is 22.0. The van der Waals surface area contributed by atoms with Gasteiger partial charge in [0.2, 0.25) is 0 Å². The van der Waals surface area contributed by atoms with E-state index in [-0.39, 0.29) is 46.2 Å². The van der Waals surface area contributed by atoms with E-state index in [1.807, 2.05) is 49.3 Å². The fraction of sp³-hybridized carbons (Fsp3) is 0.267. The number of hydrogen-bond donors (Lipinski definition) is 3. The molecule has 39 heavy (non-hydrogen) atoms. The molecule has 202 valence electrons. The lowest BCUT2D eigenvalue weighted by Crippen LogP contribution is -2.44. The van der Waals surface area contributed by atoms with Crippen LogP contribution in [0.15, 0.2) is 77.3 Å². The highest BCUT2D eigenvalue weighted by Crippen LogP contribution is 2.43. The first kappa shape index (κ1) is 26.1. The molecular weight excluding hydrogens is 496 g/mol. The van der Waals surface area contributed by atoms with Gasteiger partial charge in [0, 0.05) is 63.7 Å². The summed E-state index contributed by atoms with van der Waals surface area (Å²) in [5.74, 6) is 0.0414. The van der Waals surface area contributed by atoms with Gasteiger partial charge in [-0.05, 0) is 42.7 Å². The van der Waals surface area contributed by atoms with E-state index in [0.29, 0.717) is 5.75 Å². The lowest BCUT2D eigenvalue weighted by Gasteiger charge is -2.32. The molecule has 0 bridgehead atoms. The summed E-state index contributed by atoms with van der Waals surface area (Å²) in [5.41, 5.74) is 2.56. The number of piperidine rings is 1. The molecule has 1 aliphatic rings. The fourth-order valence-electron chi connectivity index (χ4n) is 4.69. The van der Waals surface area contributed by atoms with Gasteiger partial charge in [0.25, 0.3) is 5.91 Å². The van der Waals surface area contributed by atoms with Crippen LogP contribution in [-0.4, -0.2) is 59.4 Å². The maximum Gasteiger partial charge on any atom is 0.273 e. The predicted molar refractivity (Wildman–Crippen MR) is 148 cm³/mol. The zero-order valence-electron chi connectivity index (χ0n) is 22.0. The van der Waals surface area contributed by atoms with Crippen molar-refractivity contribution in [2.45, 2.75) is 25.4 Å². The Morgan fingerprint density at radius 1 is 1.05 bits per heavy atom. The summed E-state index contributed by atoms with van der Waals surface area (Å²) in [6.45, 7) is 2.68. The number of carbonyl (C=O) groups excluding carboxylic acids is 1. The van der Waals surface area contributed by atoms with Crippen molar-refractivity contribution in [2.24, 2.45) is 0 Å². The van der Waals surface area contributed by atoms with Gasteiger partial charge in [-0.3, -0.25) is 9.69 Å². The highest BCUT2D eigenvalue weighted by atomic mass is 16.5. The minimum absolute atomic E-state index is 0.0378. The van der Waals surface area contributed by atoms with Crippen LogP contribution in [0, 0.1) is 0 Å². The van der Waals surface area contributed by atoms with Crippen LogP contribution >= 0.6 is 0 Å². The van der Waals surface area contributed by atoms with Crippen LogP contribution in [0.3, 0.4) is 0 Å². The fourth-order valence-corrected chi connectivity index (χ4v) is 4.69. The molecule has 0 radical (unpaired) electrons. The molecule has 1 fully saturated rings. The van der Waals surface area contributed by atoms with Gasteiger partial charge in [0.1, 0.15) is 28.6 Å². The lowest BCUT2D eigenvalue weighted by atomic mass is 10.0. The highest BCUT2D eigenvalue weighted by Gasteiger charge is 2.25. The maximum atomic E-state index is 12.9. The van der Waals surface area contributed by atoms with Gasteiger partial charge in [-0.25, -0.2) is 0 Å². The molecular formula is C30H32N4O5. The van der Waals surface area contributed by atoms with Crippen LogP contribution in [0.1, 0.15) is 28.9 Å². The van der Waals surface area contributed by atoms with Crippen LogP contribution in [-0.2, 0) is 6.54 Å². The molecule has 1 aromatic heterocycles. The lowest BCUT2D eigenvalue weighted by molar-refractivity contribution is 0.0900. The number of ether oxygens (including phenoxy) is 1. The highest BCUT2D eigenvalue weighted by molar-refractivity contribution is 5.93. The summed E-state index contributed by atoms with van der Waals surface area (Å²) in [6, 6.07) is 21.8. The van der Waals surface area contributed by atoms with Crippen molar-refractivity contribution in [3.8, 4) is 34.3 Å². The monoisotopic (exact) mass is 528 g/mol. The summed E-state index contributed by atoms with van der Waals surface area (Å²) < 4.78 is 11.4. The number of phenolic OH excluding ortho intramolecular Hbond substituents is 2. The number of nitrogens with zero attached hydrogens (tertiary/aromatic N) is 3. The first-order valence-corrected chi connectivity index (χ1v) is 12.9. The molecule has 0 saturated carbocycles. The molecule has 0 unspecified atom stereocenters. The van der Waals surface area contributed by atoms with Gasteiger partial charge < -0.3 is 29.7 Å². The molecule has 0 spiro atoms. The van der Waals surface area contributed by atoms with E-state index in [1.165, 1.54) is 23.8 Å². The Hall–Kier alpha value is -4.50. The van der Waals surface area contributed by atoms with Crippen LogP contribution < -0.4 is 15.0 Å². The number of likely N-dealkylation sites (tertiary alicyclic amines) is 1. The van der Waals surface area contributed by atoms with E-state index >= 15 is 0 Å². The van der Waals surface area contributed by atoms with Crippen LogP contribution in [0.25, 0.3) is 11.3 Å². The third-order valence-corrected chi connectivity index (χ3v) is 6.81. The largest absolute Gasteiger partial charge is 0.508 e. The van der Waals surface area contributed by atoms with Gasteiger partial charge in [0.15, 0.2) is 11.5 Å². The Balaban J connectivity index is 1.25. The number of benzene rings is 3. The van der Waals surface area contributed by atoms with E-state index in [9.17, 15) is 15.0 Å². The molecule has 5 rings (SSSR count). The Bertz CT molecular complexity index is 1410. The molecule has 3 N–H and O–H groups in total. The van der Waals surface area contributed by atoms with Crippen molar-refractivity contribution in [1.82, 2.24) is 15.4 Å². The number of rotatable bonds is 8. The molecule has 4 aromatic rings. The van der Waals surface area contributed by atoms with E-state index in [4.69, 9.17) is 9.26 Å². The Morgan fingerprint density at radius 2 is 1.77 bits per heavy atom. The summed E-state index contributed by atoms with van der Waals surface area (Å²) in [7, 11) is 3.88. The molecule has 0 aliphatic carbocycles. The third-order valence-electron chi connectivity index (χ3n) is 6.81. The van der Waals surface area contributed by atoms with Gasteiger partial charge in [-0.1, -0.05) is 35.5 Å². The van der Waals surface area contributed by atoms with E-state index < -0.39 is 0 Å². The smallest absolute Gasteiger partial charge is 0.273 e. The van der Waals surface area contributed by atoms with Gasteiger partial charge >= 0.3 is 0 Å². The number of hydrogen-bond acceptors (Lipinski definition) is 8. The summed E-state index contributed by atoms with van der Waals surface area (Å²) >= 11 is 0. The number of anilines is 1. The molecule has 1 saturated heterocycles. The molecule has 9 nitrogen and oxygen atoms in total. The molecule has 1 amide bonds. The average Bonchev–Trinajstić information content (AvgIpc) is 3.40. The van der Waals surface area contributed by atoms with Crippen molar-refractivity contribution in [3.05, 3.63) is 84.1 Å². The van der Waals surface area contributed by atoms with Crippen LogP contribution in [0.4, 0.5) is 5.69 Å². The molecule has 0 atom stereocenters. The second-order valence-electron chi connectivity index (χ2n) is 9.91. The zero-order chi connectivity index (χ0) is 27.4. The van der Waals surface area contributed by atoms with E-state index in [0.717, 1.165) is 38.2 Å². The first-order chi connectivity index (χ1) is 18.9. The number of aromatic nitrogens is 1. The number of aromatic hydroxyl groups is 2. The molecule has 3 aromatic carbocycles. The summed E-state index contributed by atoms with van der Waals surface area (Å²) in [5, 5.41) is 27.7. The summed E-state index contributed by atoms with van der Waals surface area (Å²) in [4.78, 5) is 17.3. The van der Waals surface area contributed by atoms with Gasteiger partial charge in [-0.2, -0.15) is 0 Å². The van der Waals surface area contributed by atoms with Gasteiger partial charge in [-0.15, -0.1) is 0 Å². The normalized spacial score (nSPS) is 14.2. The van der Waals surface area contributed by atoms with Gasteiger partial charge in [0.05, 0.1) is 0 Å². The van der Waals surface area contributed by atoms with Crippen molar-refractivity contribution < 1.29 is 24.3 Å². The first-order valence-electron chi connectivity index (χ1n) is 12.9.